The van der Waals surface area contributed by atoms with Crippen LogP contribution in [-0.4, -0.2) is 17.9 Å². The zero-order valence-corrected chi connectivity index (χ0v) is 7.67. The Labute approximate surface area is 76.9 Å². The van der Waals surface area contributed by atoms with E-state index in [-0.39, 0.29) is 11.9 Å². The molecule has 3 N–H and O–H groups in total. The third-order valence-corrected chi connectivity index (χ3v) is 3.08. The number of hydrogen-bond donors (Lipinski definition) is 2. The normalized spacial score (nSPS) is 33.6. The number of primary amides is 1. The molecule has 0 saturated heterocycles. The summed E-state index contributed by atoms with van der Waals surface area (Å²) in [5.74, 6) is -0.0692. The molecule has 72 valence electrons. The van der Waals surface area contributed by atoms with Crippen LogP contribution in [0.3, 0.4) is 0 Å². The van der Waals surface area contributed by atoms with Gasteiger partial charge in [0.05, 0.1) is 0 Å². The predicted octanol–water partition coefficient (Wildman–Crippen LogP) is -0.224. The van der Waals surface area contributed by atoms with Crippen molar-refractivity contribution in [2.24, 2.45) is 17.1 Å². The summed E-state index contributed by atoms with van der Waals surface area (Å²) in [6.07, 6.45) is 2.27. The lowest BCUT2D eigenvalue weighted by atomic mass is 10.1. The van der Waals surface area contributed by atoms with Crippen molar-refractivity contribution in [2.45, 2.75) is 32.2 Å². The van der Waals surface area contributed by atoms with E-state index in [9.17, 15) is 9.59 Å². The van der Waals surface area contributed by atoms with Crippen LogP contribution in [0.5, 0.6) is 0 Å². The number of nitrogens with one attached hydrogen (secondary N) is 1. The van der Waals surface area contributed by atoms with Gasteiger partial charge < -0.3 is 11.1 Å². The van der Waals surface area contributed by atoms with Crippen molar-refractivity contribution in [3.63, 3.8) is 0 Å². The zero-order chi connectivity index (χ0) is 9.64. The molecule has 2 aliphatic rings. The fourth-order valence-corrected chi connectivity index (χ4v) is 1.54. The Morgan fingerprint density at radius 2 is 2.00 bits per heavy atom. The number of nitrogens with two attached hydrogens (primary N) is 1. The van der Waals surface area contributed by atoms with Crippen molar-refractivity contribution in [2.75, 3.05) is 0 Å². The highest BCUT2D eigenvalue weighted by Crippen LogP contribution is 2.46. The summed E-state index contributed by atoms with van der Waals surface area (Å²) in [7, 11) is 0. The quantitative estimate of drug-likeness (QED) is 0.592. The Hall–Kier alpha value is -1.06. The molecule has 4 heteroatoms. The van der Waals surface area contributed by atoms with Crippen LogP contribution in [0.15, 0.2) is 0 Å². The molecule has 2 rings (SSSR count). The second-order valence-corrected chi connectivity index (χ2v) is 4.24. The Morgan fingerprint density at radius 1 is 1.46 bits per heavy atom. The second-order valence-electron chi connectivity index (χ2n) is 4.24. The first kappa shape index (κ1) is 8.53. The van der Waals surface area contributed by atoms with Crippen LogP contribution in [0.2, 0.25) is 0 Å². The van der Waals surface area contributed by atoms with Gasteiger partial charge in [-0.2, -0.15) is 0 Å². The van der Waals surface area contributed by atoms with Gasteiger partial charge in [0.1, 0.15) is 5.41 Å². The van der Waals surface area contributed by atoms with E-state index in [1.807, 2.05) is 0 Å². The molecule has 2 fully saturated rings. The van der Waals surface area contributed by atoms with Crippen molar-refractivity contribution in [3.8, 4) is 0 Å². The smallest absolute Gasteiger partial charge is 0.235 e. The SMILES string of the molecule is C[C@@H]1C[C@H]1NC(=O)C1(C(N)=O)CC1. The number of carbonyl (C=O) groups excluding carboxylic acids is 2. The first-order valence-electron chi connectivity index (χ1n) is 4.67. The average Bonchev–Trinajstić information content (AvgIpc) is 2.87. The fraction of sp³-hybridized carbons (Fsp3) is 0.778. The van der Waals surface area contributed by atoms with Gasteiger partial charge in [-0.05, 0) is 25.2 Å². The highest BCUT2D eigenvalue weighted by atomic mass is 16.2. The van der Waals surface area contributed by atoms with Crippen LogP contribution in [0, 0.1) is 11.3 Å². The van der Waals surface area contributed by atoms with Gasteiger partial charge in [0.25, 0.3) is 0 Å². The molecular formula is C9H14N2O2. The average molecular weight is 182 g/mol. The van der Waals surface area contributed by atoms with Crippen LogP contribution < -0.4 is 11.1 Å². The molecule has 0 heterocycles. The van der Waals surface area contributed by atoms with Crippen LogP contribution in [-0.2, 0) is 9.59 Å². The summed E-state index contributed by atoms with van der Waals surface area (Å²) in [5, 5.41) is 2.85. The third kappa shape index (κ3) is 1.30. The Morgan fingerprint density at radius 3 is 2.31 bits per heavy atom. The largest absolute Gasteiger partial charge is 0.369 e. The molecule has 0 bridgehead atoms. The van der Waals surface area contributed by atoms with Gasteiger partial charge in [-0.1, -0.05) is 6.92 Å². The van der Waals surface area contributed by atoms with Gasteiger partial charge in [0.15, 0.2) is 0 Å². The van der Waals surface area contributed by atoms with E-state index in [0.29, 0.717) is 18.8 Å². The van der Waals surface area contributed by atoms with Gasteiger partial charge >= 0.3 is 0 Å². The summed E-state index contributed by atoms with van der Waals surface area (Å²) in [6, 6.07) is 0.282. The molecule has 13 heavy (non-hydrogen) atoms. The molecule has 2 saturated carbocycles. The van der Waals surface area contributed by atoms with E-state index in [0.717, 1.165) is 6.42 Å². The van der Waals surface area contributed by atoms with E-state index >= 15 is 0 Å². The molecule has 2 aliphatic carbocycles. The first-order valence-corrected chi connectivity index (χ1v) is 4.67. The highest BCUT2D eigenvalue weighted by molar-refractivity contribution is 6.07. The maximum Gasteiger partial charge on any atom is 0.235 e. The summed E-state index contributed by atoms with van der Waals surface area (Å²) in [4.78, 5) is 22.5. The fourth-order valence-electron chi connectivity index (χ4n) is 1.54. The number of amides is 2. The van der Waals surface area contributed by atoms with Gasteiger partial charge in [-0.15, -0.1) is 0 Å². The zero-order valence-electron chi connectivity index (χ0n) is 7.67. The minimum absolute atomic E-state index is 0.158. The number of rotatable bonds is 3. The summed E-state index contributed by atoms with van der Waals surface area (Å²) in [5.41, 5.74) is 4.32. The minimum atomic E-state index is -0.845. The molecule has 0 aromatic heterocycles. The number of hydrogen-bond acceptors (Lipinski definition) is 2. The molecule has 2 amide bonds. The molecule has 0 unspecified atom stereocenters. The van der Waals surface area contributed by atoms with E-state index in [4.69, 9.17) is 5.73 Å². The monoisotopic (exact) mass is 182 g/mol. The third-order valence-electron chi connectivity index (χ3n) is 3.08. The molecule has 0 spiro atoms. The Bertz CT molecular complexity index is 271. The highest BCUT2D eigenvalue weighted by Gasteiger charge is 2.56. The molecule has 0 aromatic carbocycles. The molecule has 0 aromatic rings. The summed E-state index contributed by atoms with van der Waals surface area (Å²) < 4.78 is 0. The van der Waals surface area contributed by atoms with E-state index in [1.54, 1.807) is 0 Å². The van der Waals surface area contributed by atoms with Crippen molar-refractivity contribution in [1.29, 1.82) is 0 Å². The van der Waals surface area contributed by atoms with Crippen molar-refractivity contribution in [3.05, 3.63) is 0 Å². The molecule has 2 atom stereocenters. The molecular weight excluding hydrogens is 168 g/mol. The van der Waals surface area contributed by atoms with Crippen LogP contribution in [0.1, 0.15) is 26.2 Å². The lowest BCUT2D eigenvalue weighted by Gasteiger charge is -2.10. The van der Waals surface area contributed by atoms with Gasteiger partial charge in [-0.25, -0.2) is 0 Å². The topological polar surface area (TPSA) is 72.2 Å². The maximum absolute atomic E-state index is 11.6. The lowest BCUT2D eigenvalue weighted by Crippen LogP contribution is -2.41. The molecule has 0 radical (unpaired) electrons. The summed E-state index contributed by atoms with van der Waals surface area (Å²) in [6.45, 7) is 2.08. The molecule has 4 nitrogen and oxygen atoms in total. The molecule has 0 aliphatic heterocycles. The van der Waals surface area contributed by atoms with E-state index in [1.165, 1.54) is 0 Å². The van der Waals surface area contributed by atoms with Crippen molar-refractivity contribution < 1.29 is 9.59 Å². The van der Waals surface area contributed by atoms with Gasteiger partial charge in [-0.3, -0.25) is 9.59 Å². The second kappa shape index (κ2) is 2.47. The predicted molar refractivity (Wildman–Crippen MR) is 46.6 cm³/mol. The Balaban J connectivity index is 1.93. The van der Waals surface area contributed by atoms with Gasteiger partial charge in [0, 0.05) is 6.04 Å². The maximum atomic E-state index is 11.6. The van der Waals surface area contributed by atoms with Crippen LogP contribution in [0.4, 0.5) is 0 Å². The van der Waals surface area contributed by atoms with Crippen molar-refractivity contribution in [1.82, 2.24) is 5.32 Å². The van der Waals surface area contributed by atoms with Crippen molar-refractivity contribution >= 4 is 11.8 Å². The Kier molecular flexibility index (Phi) is 1.62. The van der Waals surface area contributed by atoms with Crippen LogP contribution in [0.25, 0.3) is 0 Å². The van der Waals surface area contributed by atoms with E-state index < -0.39 is 11.3 Å². The minimum Gasteiger partial charge on any atom is -0.369 e. The first-order chi connectivity index (χ1) is 6.06. The van der Waals surface area contributed by atoms with E-state index in [2.05, 4.69) is 12.2 Å². The van der Waals surface area contributed by atoms with Gasteiger partial charge in [0.2, 0.25) is 11.8 Å². The summed E-state index contributed by atoms with van der Waals surface area (Å²) >= 11 is 0. The number of carbonyl (C=O) groups is 2. The van der Waals surface area contributed by atoms with Crippen LogP contribution >= 0.6 is 0 Å². The lowest BCUT2D eigenvalue weighted by molar-refractivity contribution is -0.135. The standard InChI is InChI=1S/C9H14N2O2/c1-5-4-6(5)11-8(13)9(2-3-9)7(10)12/h5-6H,2-4H2,1H3,(H2,10,12)(H,11,13)/t5-,6-/m1/s1.